The van der Waals surface area contributed by atoms with Crippen LogP contribution in [0.25, 0.3) is 0 Å². The molecule has 0 amide bonds. The van der Waals surface area contributed by atoms with Crippen LogP contribution in [0, 0.1) is 6.92 Å². The van der Waals surface area contributed by atoms with Crippen LogP contribution in [0.3, 0.4) is 0 Å². The van der Waals surface area contributed by atoms with Crippen LogP contribution < -0.4 is 0 Å². The van der Waals surface area contributed by atoms with E-state index in [1.807, 2.05) is 11.5 Å². The first-order valence-corrected chi connectivity index (χ1v) is 3.97. The molecule has 4 heteroatoms. The van der Waals surface area contributed by atoms with Gasteiger partial charge in [0.2, 0.25) is 5.82 Å². The number of imidazole rings is 1. The lowest BCUT2D eigenvalue weighted by Gasteiger charge is -2.03. The number of carboxylic acid groups (broad SMARTS) is 1. The Balaban J connectivity index is 2.46. The van der Waals surface area contributed by atoms with Gasteiger partial charge in [0.15, 0.2) is 0 Å². The number of carbonyl (C=O) groups is 1. The lowest BCUT2D eigenvalue weighted by Crippen LogP contribution is -2.09. The van der Waals surface area contributed by atoms with Crippen molar-refractivity contribution in [1.29, 1.82) is 0 Å². The third-order valence-electron chi connectivity index (χ3n) is 2.09. The van der Waals surface area contributed by atoms with Crippen molar-refractivity contribution in [3.8, 4) is 0 Å². The van der Waals surface area contributed by atoms with Gasteiger partial charge in [-0.15, -0.1) is 0 Å². The molecule has 0 spiro atoms. The van der Waals surface area contributed by atoms with E-state index >= 15 is 0 Å². The van der Waals surface area contributed by atoms with Crippen molar-refractivity contribution >= 4 is 5.97 Å². The Hall–Kier alpha value is -1.32. The summed E-state index contributed by atoms with van der Waals surface area (Å²) in [4.78, 5) is 14.5. The minimum atomic E-state index is -0.935. The molecule has 1 aliphatic carbocycles. The summed E-state index contributed by atoms with van der Waals surface area (Å²) in [6.45, 7) is 1.89. The van der Waals surface area contributed by atoms with Crippen LogP contribution in [-0.4, -0.2) is 20.6 Å². The van der Waals surface area contributed by atoms with Gasteiger partial charge in [-0.1, -0.05) is 0 Å². The second-order valence-electron chi connectivity index (χ2n) is 3.13. The van der Waals surface area contributed by atoms with E-state index in [1.165, 1.54) is 0 Å². The number of aryl methyl sites for hydroxylation is 1. The van der Waals surface area contributed by atoms with E-state index in [4.69, 9.17) is 5.11 Å². The van der Waals surface area contributed by atoms with Gasteiger partial charge in [-0.2, -0.15) is 0 Å². The Morgan fingerprint density at radius 2 is 2.42 bits per heavy atom. The highest BCUT2D eigenvalue weighted by molar-refractivity contribution is 5.83. The van der Waals surface area contributed by atoms with Crippen molar-refractivity contribution < 1.29 is 9.90 Å². The van der Waals surface area contributed by atoms with E-state index in [1.54, 1.807) is 6.20 Å². The van der Waals surface area contributed by atoms with Crippen molar-refractivity contribution in [2.75, 3.05) is 0 Å². The van der Waals surface area contributed by atoms with Gasteiger partial charge in [-0.3, -0.25) is 0 Å². The van der Waals surface area contributed by atoms with Crippen molar-refractivity contribution in [2.24, 2.45) is 0 Å². The van der Waals surface area contributed by atoms with Crippen LogP contribution in [0.4, 0.5) is 0 Å². The summed E-state index contributed by atoms with van der Waals surface area (Å²) in [5.74, 6) is -0.759. The van der Waals surface area contributed by atoms with Gasteiger partial charge in [0.25, 0.3) is 0 Å². The highest BCUT2D eigenvalue weighted by atomic mass is 16.4. The average Bonchev–Trinajstić information content (AvgIpc) is 2.75. The zero-order valence-electron chi connectivity index (χ0n) is 6.82. The molecule has 0 bridgehead atoms. The number of aromatic nitrogens is 2. The zero-order chi connectivity index (χ0) is 8.72. The highest BCUT2D eigenvalue weighted by Gasteiger charge is 2.29. The Bertz CT molecular complexity index is 326. The molecule has 1 aliphatic rings. The number of hydrogen-bond donors (Lipinski definition) is 1. The van der Waals surface area contributed by atoms with E-state index < -0.39 is 5.97 Å². The normalized spacial score (nSPS) is 16.4. The summed E-state index contributed by atoms with van der Waals surface area (Å²) in [6.07, 6.45) is 3.77. The predicted octanol–water partition coefficient (Wildman–Crippen LogP) is 1.22. The molecule has 1 saturated carbocycles. The van der Waals surface area contributed by atoms with Crippen LogP contribution >= 0.6 is 0 Å². The maximum atomic E-state index is 10.7. The SMILES string of the molecule is Cc1cnc(C(=O)O)n1C1CC1. The van der Waals surface area contributed by atoms with Gasteiger partial charge in [-0.25, -0.2) is 9.78 Å². The molecule has 0 radical (unpaired) electrons. The molecule has 4 nitrogen and oxygen atoms in total. The topological polar surface area (TPSA) is 55.1 Å². The van der Waals surface area contributed by atoms with Crippen LogP contribution in [0.5, 0.6) is 0 Å². The second-order valence-corrected chi connectivity index (χ2v) is 3.13. The molecule has 0 unspecified atom stereocenters. The third-order valence-corrected chi connectivity index (χ3v) is 2.09. The van der Waals surface area contributed by atoms with Crippen molar-refractivity contribution in [2.45, 2.75) is 25.8 Å². The molecule has 12 heavy (non-hydrogen) atoms. The summed E-state index contributed by atoms with van der Waals surface area (Å²) in [6, 6.07) is 0.388. The Morgan fingerprint density at radius 1 is 1.75 bits per heavy atom. The van der Waals surface area contributed by atoms with Crippen molar-refractivity contribution in [3.63, 3.8) is 0 Å². The highest BCUT2D eigenvalue weighted by Crippen LogP contribution is 2.36. The summed E-state index contributed by atoms with van der Waals surface area (Å²) in [5, 5.41) is 8.77. The Labute approximate surface area is 69.8 Å². The summed E-state index contributed by atoms with van der Waals surface area (Å²) >= 11 is 0. The zero-order valence-corrected chi connectivity index (χ0v) is 6.82. The first-order valence-electron chi connectivity index (χ1n) is 3.97. The molecule has 1 heterocycles. The average molecular weight is 166 g/mol. The second kappa shape index (κ2) is 2.33. The van der Waals surface area contributed by atoms with Crippen LogP contribution in [0.15, 0.2) is 6.20 Å². The molecule has 1 fully saturated rings. The minimum Gasteiger partial charge on any atom is -0.475 e. The molecule has 1 N–H and O–H groups in total. The van der Waals surface area contributed by atoms with E-state index in [9.17, 15) is 4.79 Å². The molecule has 0 atom stereocenters. The van der Waals surface area contributed by atoms with Gasteiger partial charge >= 0.3 is 5.97 Å². The van der Waals surface area contributed by atoms with Crippen molar-refractivity contribution in [1.82, 2.24) is 9.55 Å². The molecular formula is C8H10N2O2. The molecule has 2 rings (SSSR count). The van der Waals surface area contributed by atoms with Crippen LogP contribution in [0.1, 0.15) is 35.2 Å². The standard InChI is InChI=1S/C8H10N2O2/c1-5-4-9-7(8(11)12)10(5)6-2-3-6/h4,6H,2-3H2,1H3,(H,11,12). The number of carboxylic acids is 1. The third kappa shape index (κ3) is 0.995. The maximum absolute atomic E-state index is 10.7. The van der Waals surface area contributed by atoms with Gasteiger partial charge < -0.3 is 9.67 Å². The van der Waals surface area contributed by atoms with E-state index in [-0.39, 0.29) is 5.82 Å². The van der Waals surface area contributed by atoms with Crippen LogP contribution in [0.2, 0.25) is 0 Å². The quantitative estimate of drug-likeness (QED) is 0.718. The number of aromatic carboxylic acids is 1. The first-order chi connectivity index (χ1) is 5.70. The molecule has 1 aromatic rings. The van der Waals surface area contributed by atoms with E-state index in [2.05, 4.69) is 4.98 Å². The Morgan fingerprint density at radius 3 is 2.92 bits per heavy atom. The Kier molecular flexibility index (Phi) is 1.43. The van der Waals surface area contributed by atoms with E-state index in [0.717, 1.165) is 18.5 Å². The molecule has 64 valence electrons. The fraction of sp³-hybridized carbons (Fsp3) is 0.500. The van der Waals surface area contributed by atoms with Gasteiger partial charge in [0.1, 0.15) is 0 Å². The smallest absolute Gasteiger partial charge is 0.372 e. The van der Waals surface area contributed by atoms with Crippen LogP contribution in [-0.2, 0) is 0 Å². The summed E-state index contributed by atoms with van der Waals surface area (Å²) in [7, 11) is 0. The number of hydrogen-bond acceptors (Lipinski definition) is 2. The number of rotatable bonds is 2. The summed E-state index contributed by atoms with van der Waals surface area (Å²) < 4.78 is 1.81. The van der Waals surface area contributed by atoms with Crippen molar-refractivity contribution in [3.05, 3.63) is 17.7 Å². The van der Waals surface area contributed by atoms with Gasteiger partial charge in [0, 0.05) is 17.9 Å². The molecule has 0 aliphatic heterocycles. The number of nitrogens with zero attached hydrogens (tertiary/aromatic N) is 2. The minimum absolute atomic E-state index is 0.176. The fourth-order valence-corrected chi connectivity index (χ4v) is 1.40. The fourth-order valence-electron chi connectivity index (χ4n) is 1.40. The lowest BCUT2D eigenvalue weighted by atomic mass is 10.5. The van der Waals surface area contributed by atoms with E-state index in [0.29, 0.717) is 6.04 Å². The summed E-state index contributed by atoms with van der Waals surface area (Å²) in [5.41, 5.74) is 0.940. The maximum Gasteiger partial charge on any atom is 0.372 e. The largest absolute Gasteiger partial charge is 0.475 e. The molecule has 0 aromatic carbocycles. The molecular weight excluding hydrogens is 156 g/mol. The first kappa shape index (κ1) is 7.34. The van der Waals surface area contributed by atoms with Gasteiger partial charge in [-0.05, 0) is 19.8 Å². The molecule has 1 aromatic heterocycles. The van der Waals surface area contributed by atoms with Gasteiger partial charge in [0.05, 0.1) is 0 Å². The monoisotopic (exact) mass is 166 g/mol. The lowest BCUT2D eigenvalue weighted by molar-refractivity contribution is 0.0677. The molecule has 0 saturated heterocycles. The predicted molar refractivity (Wildman–Crippen MR) is 42.2 cm³/mol.